The Morgan fingerprint density at radius 2 is 1.47 bits per heavy atom. The number of aryl methyl sites for hydroxylation is 1. The summed E-state index contributed by atoms with van der Waals surface area (Å²) in [7, 11) is 0. The zero-order valence-electron chi connectivity index (χ0n) is 18.9. The van der Waals surface area contributed by atoms with Crippen LogP contribution in [0, 0.1) is 12.8 Å². The first kappa shape index (κ1) is 22.8. The minimum absolute atomic E-state index is 0.323. The fraction of sp³-hybridized carbons (Fsp3) is 0.517. The normalized spacial score (nSPS) is 19.0. The molecule has 161 valence electrons. The lowest BCUT2D eigenvalue weighted by Gasteiger charge is -2.28. The largest absolute Gasteiger partial charge is 0.299 e. The lowest BCUT2D eigenvalue weighted by molar-refractivity contribution is -0.124. The van der Waals surface area contributed by atoms with Crippen molar-refractivity contribution >= 4 is 5.78 Å². The highest BCUT2D eigenvalue weighted by Gasteiger charge is 2.26. The van der Waals surface area contributed by atoms with Crippen molar-refractivity contribution < 1.29 is 4.79 Å². The summed E-state index contributed by atoms with van der Waals surface area (Å²) in [6.45, 7) is 6.08. The second-order valence-corrected chi connectivity index (χ2v) is 9.10. The number of benzene rings is 2. The van der Waals surface area contributed by atoms with Crippen LogP contribution in [0.5, 0.6) is 0 Å². The minimum atomic E-state index is 0.323. The quantitative estimate of drug-likeness (QED) is 0.345. The first-order valence-corrected chi connectivity index (χ1v) is 12.2. The molecule has 3 rings (SSSR count). The van der Waals surface area contributed by atoms with Crippen LogP contribution in [-0.4, -0.2) is 5.78 Å². The number of carbonyl (C=O) groups excluding carboxylic acids is 1. The van der Waals surface area contributed by atoms with E-state index in [1.807, 2.05) is 0 Å². The summed E-state index contributed by atoms with van der Waals surface area (Å²) in [5.74, 6) is 1.45. The van der Waals surface area contributed by atoms with Gasteiger partial charge in [0, 0.05) is 12.3 Å². The van der Waals surface area contributed by atoms with Crippen molar-refractivity contribution in [1.29, 1.82) is 0 Å². The lowest BCUT2D eigenvalue weighted by Crippen LogP contribution is -2.21. The fourth-order valence-corrected chi connectivity index (χ4v) is 4.80. The fourth-order valence-electron chi connectivity index (χ4n) is 4.80. The molecule has 1 aliphatic rings. The van der Waals surface area contributed by atoms with Gasteiger partial charge in [-0.15, -0.1) is 0 Å². The van der Waals surface area contributed by atoms with Crippen molar-refractivity contribution in [2.45, 2.75) is 89.9 Å². The van der Waals surface area contributed by atoms with Gasteiger partial charge < -0.3 is 0 Å². The Morgan fingerprint density at radius 3 is 2.07 bits per heavy atom. The molecule has 0 heterocycles. The molecule has 2 aromatic rings. The van der Waals surface area contributed by atoms with Crippen LogP contribution in [0.2, 0.25) is 0 Å². The van der Waals surface area contributed by atoms with Crippen molar-refractivity contribution in [3.05, 3.63) is 66.6 Å². The molecule has 1 aliphatic carbocycles. The number of carbonyl (C=O) groups is 1. The average molecular weight is 404 g/mol. The van der Waals surface area contributed by atoms with E-state index in [-0.39, 0.29) is 0 Å². The Balaban J connectivity index is 1.51. The van der Waals surface area contributed by atoms with Gasteiger partial charge in [0.2, 0.25) is 0 Å². The SMILES string of the molecule is [CH2]CCCCCc1ccc(-c2ccc([C@H]3CC[C@H](C(=O)CCCC)CC3)cc2)cc1. The maximum atomic E-state index is 12.3. The number of rotatable bonds is 11. The summed E-state index contributed by atoms with van der Waals surface area (Å²) in [6.07, 6.45) is 13.4. The highest BCUT2D eigenvalue weighted by atomic mass is 16.1. The molecule has 0 atom stereocenters. The van der Waals surface area contributed by atoms with Gasteiger partial charge in [-0.1, -0.05) is 88.1 Å². The number of hydrogen-bond acceptors (Lipinski definition) is 1. The highest BCUT2D eigenvalue weighted by molar-refractivity contribution is 5.81. The van der Waals surface area contributed by atoms with E-state index in [2.05, 4.69) is 62.4 Å². The predicted molar refractivity (Wildman–Crippen MR) is 129 cm³/mol. The summed E-state index contributed by atoms with van der Waals surface area (Å²) >= 11 is 0. The van der Waals surface area contributed by atoms with Gasteiger partial charge in [-0.3, -0.25) is 4.79 Å². The molecule has 0 aliphatic heterocycles. The number of hydrogen-bond donors (Lipinski definition) is 0. The Labute approximate surface area is 184 Å². The Morgan fingerprint density at radius 1 is 0.833 bits per heavy atom. The number of ketones is 1. The van der Waals surface area contributed by atoms with E-state index >= 15 is 0 Å². The maximum absolute atomic E-state index is 12.3. The molecular formula is C29H39O. The maximum Gasteiger partial charge on any atom is 0.135 e. The van der Waals surface area contributed by atoms with Gasteiger partial charge in [-0.05, 0) is 73.1 Å². The first-order valence-electron chi connectivity index (χ1n) is 12.2. The van der Waals surface area contributed by atoms with Gasteiger partial charge in [0.1, 0.15) is 5.78 Å². The smallest absolute Gasteiger partial charge is 0.135 e. The summed E-state index contributed by atoms with van der Waals surface area (Å²) in [5.41, 5.74) is 5.48. The number of unbranched alkanes of at least 4 members (excludes halogenated alkanes) is 4. The van der Waals surface area contributed by atoms with Crippen LogP contribution in [-0.2, 0) is 11.2 Å². The lowest BCUT2D eigenvalue weighted by atomic mass is 9.76. The van der Waals surface area contributed by atoms with Gasteiger partial charge >= 0.3 is 0 Å². The summed E-state index contributed by atoms with van der Waals surface area (Å²) in [5, 5.41) is 0. The van der Waals surface area contributed by atoms with Crippen molar-refractivity contribution in [1.82, 2.24) is 0 Å². The highest BCUT2D eigenvalue weighted by Crippen LogP contribution is 2.37. The van der Waals surface area contributed by atoms with Crippen LogP contribution >= 0.6 is 0 Å². The van der Waals surface area contributed by atoms with Crippen LogP contribution in [0.1, 0.15) is 94.6 Å². The molecule has 30 heavy (non-hydrogen) atoms. The average Bonchev–Trinajstić information content (AvgIpc) is 2.81. The Bertz CT molecular complexity index is 748. The van der Waals surface area contributed by atoms with E-state index in [1.54, 1.807) is 0 Å². The second-order valence-electron chi connectivity index (χ2n) is 9.10. The molecule has 0 aromatic heterocycles. The molecule has 1 nitrogen and oxygen atoms in total. The minimum Gasteiger partial charge on any atom is -0.299 e. The molecule has 1 saturated carbocycles. The van der Waals surface area contributed by atoms with E-state index < -0.39 is 0 Å². The molecule has 0 unspecified atom stereocenters. The summed E-state index contributed by atoms with van der Waals surface area (Å²) in [6, 6.07) is 18.3. The predicted octanol–water partition coefficient (Wildman–Crippen LogP) is 8.32. The molecule has 0 saturated heterocycles. The molecule has 2 aromatic carbocycles. The molecule has 0 amide bonds. The zero-order valence-corrected chi connectivity index (χ0v) is 18.9. The van der Waals surface area contributed by atoms with Gasteiger partial charge in [0.15, 0.2) is 0 Å². The van der Waals surface area contributed by atoms with E-state index in [9.17, 15) is 4.79 Å². The van der Waals surface area contributed by atoms with Gasteiger partial charge in [-0.2, -0.15) is 0 Å². The monoisotopic (exact) mass is 403 g/mol. The van der Waals surface area contributed by atoms with Gasteiger partial charge in [0.25, 0.3) is 0 Å². The molecular weight excluding hydrogens is 364 g/mol. The van der Waals surface area contributed by atoms with Crippen LogP contribution in [0.4, 0.5) is 0 Å². The molecule has 0 N–H and O–H groups in total. The van der Waals surface area contributed by atoms with E-state index in [0.717, 1.165) is 51.4 Å². The van der Waals surface area contributed by atoms with Crippen LogP contribution in [0.15, 0.2) is 48.5 Å². The van der Waals surface area contributed by atoms with Crippen molar-refractivity contribution in [3.8, 4) is 11.1 Å². The third-order valence-electron chi connectivity index (χ3n) is 6.84. The Kier molecular flexibility index (Phi) is 9.18. The molecule has 0 spiro atoms. The van der Waals surface area contributed by atoms with Gasteiger partial charge in [-0.25, -0.2) is 0 Å². The van der Waals surface area contributed by atoms with Crippen molar-refractivity contribution in [2.24, 2.45) is 5.92 Å². The third kappa shape index (κ3) is 6.56. The summed E-state index contributed by atoms with van der Waals surface area (Å²) < 4.78 is 0. The first-order chi connectivity index (χ1) is 14.7. The number of Topliss-reactive ketones (excluding diaryl/α,β-unsaturated/α-hetero) is 1. The third-order valence-corrected chi connectivity index (χ3v) is 6.84. The van der Waals surface area contributed by atoms with Gasteiger partial charge in [0.05, 0.1) is 0 Å². The van der Waals surface area contributed by atoms with Crippen LogP contribution in [0.3, 0.4) is 0 Å². The standard InChI is InChI=1S/C29H39O/c1-3-5-7-8-9-23-11-13-24(14-12-23)25-15-17-26(18-16-25)27-19-21-28(22-20-27)29(30)10-6-4-2/h11-18,27-28H,1,3-10,19-22H2,2H3/t27-,28-. The molecule has 0 bridgehead atoms. The van der Waals surface area contributed by atoms with E-state index in [0.29, 0.717) is 17.6 Å². The summed E-state index contributed by atoms with van der Waals surface area (Å²) in [4.78, 5) is 12.3. The zero-order chi connectivity index (χ0) is 21.2. The molecule has 1 heteroatoms. The van der Waals surface area contributed by atoms with Crippen molar-refractivity contribution in [2.75, 3.05) is 0 Å². The van der Waals surface area contributed by atoms with E-state index in [1.165, 1.54) is 47.9 Å². The molecule has 1 fully saturated rings. The molecule has 1 radical (unpaired) electrons. The Hall–Kier alpha value is -1.89. The second kappa shape index (κ2) is 12.1. The topological polar surface area (TPSA) is 17.1 Å². The van der Waals surface area contributed by atoms with E-state index in [4.69, 9.17) is 0 Å². The van der Waals surface area contributed by atoms with Crippen molar-refractivity contribution in [3.63, 3.8) is 0 Å². The van der Waals surface area contributed by atoms with Crippen LogP contribution in [0.25, 0.3) is 11.1 Å². The van der Waals surface area contributed by atoms with Crippen LogP contribution < -0.4 is 0 Å².